The monoisotopic (exact) mass is 224 g/mol. The van der Waals surface area contributed by atoms with Gasteiger partial charge in [0.1, 0.15) is 6.07 Å². The maximum Gasteiger partial charge on any atom is 0.101 e. The molecule has 2 rings (SSSR count). The number of hydrogen-bond donors (Lipinski definition) is 0. The summed E-state index contributed by atoms with van der Waals surface area (Å²) in [5, 5.41) is 10.3. The lowest BCUT2D eigenvalue weighted by molar-refractivity contribution is 0.593. The molecule has 17 heavy (non-hydrogen) atoms. The highest BCUT2D eigenvalue weighted by atomic mass is 14.7. The molecule has 0 aliphatic rings. The predicted octanol–water partition coefficient (Wildman–Crippen LogP) is 3.71. The van der Waals surface area contributed by atoms with Gasteiger partial charge < -0.3 is 0 Å². The SMILES string of the molecule is Cc1ccc2c(C(C)(C)C)c(C#N)cnc2c1. The summed E-state index contributed by atoms with van der Waals surface area (Å²) < 4.78 is 0. The Hall–Kier alpha value is -1.88. The maximum atomic E-state index is 9.21. The van der Waals surface area contributed by atoms with Crippen LogP contribution in [-0.2, 0) is 5.41 Å². The average Bonchev–Trinajstić information content (AvgIpc) is 2.25. The Morgan fingerprint density at radius 2 is 1.94 bits per heavy atom. The second kappa shape index (κ2) is 3.85. The van der Waals surface area contributed by atoms with Gasteiger partial charge in [-0.3, -0.25) is 4.98 Å². The van der Waals surface area contributed by atoms with Crippen molar-refractivity contribution in [1.82, 2.24) is 4.98 Å². The summed E-state index contributed by atoms with van der Waals surface area (Å²) in [5.41, 5.74) is 3.86. The van der Waals surface area contributed by atoms with Crippen LogP contribution >= 0.6 is 0 Å². The van der Waals surface area contributed by atoms with Crippen LogP contribution in [0.2, 0.25) is 0 Å². The summed E-state index contributed by atoms with van der Waals surface area (Å²) >= 11 is 0. The number of fused-ring (bicyclic) bond motifs is 1. The molecular formula is C15H16N2. The Bertz CT molecular complexity index is 613. The standard InChI is InChI=1S/C15H16N2/c1-10-5-6-12-13(7-10)17-9-11(8-16)14(12)15(2,3)4/h5-7,9H,1-4H3. The minimum Gasteiger partial charge on any atom is -0.255 e. The van der Waals surface area contributed by atoms with Crippen molar-refractivity contribution in [2.24, 2.45) is 0 Å². The quantitative estimate of drug-likeness (QED) is 0.684. The second-order valence-electron chi connectivity index (χ2n) is 5.43. The Kier molecular flexibility index (Phi) is 2.63. The summed E-state index contributed by atoms with van der Waals surface area (Å²) in [6.45, 7) is 8.43. The molecule has 86 valence electrons. The topological polar surface area (TPSA) is 36.7 Å². The summed E-state index contributed by atoms with van der Waals surface area (Å²) in [4.78, 5) is 4.36. The molecule has 2 heteroatoms. The normalized spacial score (nSPS) is 11.5. The molecule has 0 unspecified atom stereocenters. The van der Waals surface area contributed by atoms with E-state index < -0.39 is 0 Å². The third-order valence-electron chi connectivity index (χ3n) is 2.90. The van der Waals surface area contributed by atoms with E-state index in [4.69, 9.17) is 0 Å². The van der Waals surface area contributed by atoms with E-state index in [-0.39, 0.29) is 5.41 Å². The molecule has 0 spiro atoms. The Labute approximate surface area is 102 Å². The van der Waals surface area contributed by atoms with Crippen LogP contribution in [0.1, 0.15) is 37.5 Å². The van der Waals surface area contributed by atoms with Crippen LogP contribution in [0.15, 0.2) is 24.4 Å². The van der Waals surface area contributed by atoms with Crippen LogP contribution in [-0.4, -0.2) is 4.98 Å². The van der Waals surface area contributed by atoms with E-state index in [1.165, 1.54) is 5.56 Å². The van der Waals surface area contributed by atoms with Gasteiger partial charge in [0.2, 0.25) is 0 Å². The van der Waals surface area contributed by atoms with E-state index >= 15 is 0 Å². The summed E-state index contributed by atoms with van der Waals surface area (Å²) in [7, 11) is 0. The molecule has 0 amide bonds. The highest BCUT2D eigenvalue weighted by molar-refractivity contribution is 5.85. The first-order valence-electron chi connectivity index (χ1n) is 5.73. The van der Waals surface area contributed by atoms with Gasteiger partial charge in [-0.05, 0) is 29.5 Å². The first-order chi connectivity index (χ1) is 7.93. The van der Waals surface area contributed by atoms with Gasteiger partial charge in [-0.1, -0.05) is 32.9 Å². The van der Waals surface area contributed by atoms with Gasteiger partial charge in [-0.2, -0.15) is 5.26 Å². The zero-order valence-corrected chi connectivity index (χ0v) is 10.7. The second-order valence-corrected chi connectivity index (χ2v) is 5.43. The minimum absolute atomic E-state index is 0.0541. The Morgan fingerprint density at radius 3 is 2.53 bits per heavy atom. The van der Waals surface area contributed by atoms with Crippen molar-refractivity contribution < 1.29 is 0 Å². The smallest absolute Gasteiger partial charge is 0.101 e. The lowest BCUT2D eigenvalue weighted by Gasteiger charge is -2.22. The molecule has 0 radical (unpaired) electrons. The van der Waals surface area contributed by atoms with E-state index in [9.17, 15) is 5.26 Å². The summed E-state index contributed by atoms with van der Waals surface area (Å²) in [6, 6.07) is 8.45. The van der Waals surface area contributed by atoms with Gasteiger partial charge in [-0.15, -0.1) is 0 Å². The largest absolute Gasteiger partial charge is 0.255 e. The number of aryl methyl sites for hydroxylation is 1. The van der Waals surface area contributed by atoms with Gasteiger partial charge in [0.25, 0.3) is 0 Å². The Balaban J connectivity index is 2.90. The molecule has 0 fully saturated rings. The van der Waals surface area contributed by atoms with Crippen molar-refractivity contribution in [2.75, 3.05) is 0 Å². The lowest BCUT2D eigenvalue weighted by atomic mass is 9.82. The van der Waals surface area contributed by atoms with Crippen LogP contribution in [0.4, 0.5) is 0 Å². The molecule has 0 bridgehead atoms. The molecule has 0 N–H and O–H groups in total. The third-order valence-corrected chi connectivity index (χ3v) is 2.90. The number of nitriles is 1. The van der Waals surface area contributed by atoms with Crippen molar-refractivity contribution in [3.8, 4) is 6.07 Å². The zero-order chi connectivity index (χ0) is 12.6. The van der Waals surface area contributed by atoms with E-state index in [0.717, 1.165) is 16.5 Å². The number of nitrogens with zero attached hydrogens (tertiary/aromatic N) is 2. The molecule has 2 nitrogen and oxygen atoms in total. The van der Waals surface area contributed by atoms with Crippen LogP contribution in [0, 0.1) is 18.3 Å². The summed E-state index contributed by atoms with van der Waals surface area (Å²) in [6.07, 6.45) is 1.68. The molecule has 1 heterocycles. The van der Waals surface area contributed by atoms with Crippen LogP contribution in [0.5, 0.6) is 0 Å². The summed E-state index contributed by atoms with van der Waals surface area (Å²) in [5.74, 6) is 0. The molecular weight excluding hydrogens is 208 g/mol. The van der Waals surface area contributed by atoms with Crippen LogP contribution in [0.25, 0.3) is 10.9 Å². The zero-order valence-electron chi connectivity index (χ0n) is 10.7. The van der Waals surface area contributed by atoms with Gasteiger partial charge >= 0.3 is 0 Å². The van der Waals surface area contributed by atoms with Crippen LogP contribution < -0.4 is 0 Å². The first kappa shape index (κ1) is 11.6. The van der Waals surface area contributed by atoms with Gasteiger partial charge in [0.15, 0.2) is 0 Å². The van der Waals surface area contributed by atoms with Gasteiger partial charge in [0, 0.05) is 11.6 Å². The van der Waals surface area contributed by atoms with E-state index in [0.29, 0.717) is 5.56 Å². The highest BCUT2D eigenvalue weighted by Gasteiger charge is 2.21. The highest BCUT2D eigenvalue weighted by Crippen LogP contribution is 2.32. The number of pyridine rings is 1. The van der Waals surface area contributed by atoms with E-state index in [1.807, 2.05) is 0 Å². The van der Waals surface area contributed by atoms with Crippen LogP contribution in [0.3, 0.4) is 0 Å². The maximum absolute atomic E-state index is 9.21. The molecule has 0 aliphatic carbocycles. The fraction of sp³-hybridized carbons (Fsp3) is 0.333. The molecule has 0 atom stereocenters. The molecule has 2 aromatic rings. The molecule has 0 aliphatic heterocycles. The van der Waals surface area contributed by atoms with Gasteiger partial charge in [0.05, 0.1) is 11.1 Å². The minimum atomic E-state index is -0.0541. The number of hydrogen-bond acceptors (Lipinski definition) is 2. The first-order valence-corrected chi connectivity index (χ1v) is 5.73. The van der Waals surface area contributed by atoms with E-state index in [2.05, 4.69) is 56.9 Å². The van der Waals surface area contributed by atoms with Crippen molar-refractivity contribution in [1.29, 1.82) is 5.26 Å². The lowest BCUT2D eigenvalue weighted by Crippen LogP contribution is -2.14. The Morgan fingerprint density at radius 1 is 1.24 bits per heavy atom. The van der Waals surface area contributed by atoms with Crippen molar-refractivity contribution in [3.05, 3.63) is 41.1 Å². The van der Waals surface area contributed by atoms with Crippen molar-refractivity contribution in [2.45, 2.75) is 33.1 Å². The fourth-order valence-corrected chi connectivity index (χ4v) is 2.20. The fourth-order valence-electron chi connectivity index (χ4n) is 2.20. The average molecular weight is 224 g/mol. The molecule has 0 saturated heterocycles. The van der Waals surface area contributed by atoms with Crippen molar-refractivity contribution >= 4 is 10.9 Å². The number of benzene rings is 1. The van der Waals surface area contributed by atoms with Gasteiger partial charge in [-0.25, -0.2) is 0 Å². The molecule has 0 saturated carbocycles. The molecule has 1 aromatic heterocycles. The number of rotatable bonds is 0. The molecule has 1 aromatic carbocycles. The van der Waals surface area contributed by atoms with E-state index in [1.54, 1.807) is 6.20 Å². The predicted molar refractivity (Wildman–Crippen MR) is 69.9 cm³/mol. The third kappa shape index (κ3) is 2.01. The van der Waals surface area contributed by atoms with Crippen molar-refractivity contribution in [3.63, 3.8) is 0 Å². The number of aromatic nitrogens is 1.